The Morgan fingerprint density at radius 2 is 2.32 bits per heavy atom. The maximum Gasteiger partial charge on any atom is 0.321 e. The number of anilines is 1. The number of nitrogens with one attached hydrogen (secondary N) is 1. The van der Waals surface area contributed by atoms with Crippen molar-refractivity contribution in [2.75, 3.05) is 25.5 Å². The van der Waals surface area contributed by atoms with Gasteiger partial charge in [-0.3, -0.25) is 0 Å². The molecule has 2 N–H and O–H groups in total. The van der Waals surface area contributed by atoms with Gasteiger partial charge in [0, 0.05) is 24.8 Å². The number of hydrogen-bond acceptors (Lipinski definition) is 3. The molecule has 5 heteroatoms. The Hall–Kier alpha value is -1.75. The fourth-order valence-corrected chi connectivity index (χ4v) is 2.20. The van der Waals surface area contributed by atoms with Crippen LogP contribution in [0.3, 0.4) is 0 Å². The first-order valence-electron chi connectivity index (χ1n) is 6.49. The van der Waals surface area contributed by atoms with Crippen molar-refractivity contribution in [2.45, 2.75) is 25.9 Å². The van der Waals surface area contributed by atoms with Crippen molar-refractivity contribution in [3.8, 4) is 5.75 Å². The number of piperidine rings is 1. The summed E-state index contributed by atoms with van der Waals surface area (Å²) in [5.74, 6) is 0.708. The largest absolute Gasteiger partial charge is 0.497 e. The molecule has 0 saturated carbocycles. The Morgan fingerprint density at radius 3 is 3.00 bits per heavy atom. The lowest BCUT2D eigenvalue weighted by molar-refractivity contribution is 0.0883. The van der Waals surface area contributed by atoms with Gasteiger partial charge < -0.3 is 20.1 Å². The summed E-state index contributed by atoms with van der Waals surface area (Å²) in [6.07, 6.45) is 1.19. The highest BCUT2D eigenvalue weighted by Crippen LogP contribution is 2.22. The summed E-state index contributed by atoms with van der Waals surface area (Å²) in [6.45, 7) is 3.01. The third-order valence-electron chi connectivity index (χ3n) is 3.37. The molecule has 0 aliphatic carbocycles. The van der Waals surface area contributed by atoms with Gasteiger partial charge in [0.25, 0.3) is 0 Å². The summed E-state index contributed by atoms with van der Waals surface area (Å²) in [7, 11) is 1.59. The average Bonchev–Trinajstić information content (AvgIpc) is 2.41. The Balaban J connectivity index is 2.05. The molecule has 1 fully saturated rings. The lowest BCUT2D eigenvalue weighted by Crippen LogP contribution is -2.44. The number of carbonyl (C=O) groups excluding carboxylic acids is 1. The monoisotopic (exact) mass is 264 g/mol. The third-order valence-corrected chi connectivity index (χ3v) is 3.37. The highest BCUT2D eigenvalue weighted by Gasteiger charge is 2.22. The second-order valence-corrected chi connectivity index (χ2v) is 4.85. The van der Waals surface area contributed by atoms with Crippen LogP contribution in [-0.4, -0.2) is 42.3 Å². The zero-order chi connectivity index (χ0) is 13.8. The van der Waals surface area contributed by atoms with Crippen LogP contribution >= 0.6 is 0 Å². The van der Waals surface area contributed by atoms with E-state index in [-0.39, 0.29) is 6.03 Å². The van der Waals surface area contributed by atoms with E-state index in [1.807, 2.05) is 19.1 Å². The third kappa shape index (κ3) is 3.38. The predicted octanol–water partition coefficient (Wildman–Crippen LogP) is 1.99. The second kappa shape index (κ2) is 5.93. The summed E-state index contributed by atoms with van der Waals surface area (Å²) in [6, 6.07) is 5.39. The van der Waals surface area contributed by atoms with E-state index in [0.717, 1.165) is 24.1 Å². The number of aliphatic hydroxyl groups is 1. The number of ether oxygens (including phenoxy) is 1. The molecule has 1 unspecified atom stereocenters. The number of carbonyl (C=O) groups is 1. The number of nitrogens with zero attached hydrogens (tertiary/aromatic N) is 1. The number of aliphatic hydroxyl groups excluding tert-OH is 1. The van der Waals surface area contributed by atoms with Gasteiger partial charge in [-0.05, 0) is 31.4 Å². The first-order valence-corrected chi connectivity index (χ1v) is 6.49. The van der Waals surface area contributed by atoms with Crippen molar-refractivity contribution >= 4 is 11.7 Å². The predicted molar refractivity (Wildman–Crippen MR) is 73.6 cm³/mol. The minimum Gasteiger partial charge on any atom is -0.497 e. The van der Waals surface area contributed by atoms with Gasteiger partial charge in [-0.2, -0.15) is 0 Å². The summed E-state index contributed by atoms with van der Waals surface area (Å²) in [4.78, 5) is 13.8. The Morgan fingerprint density at radius 1 is 1.53 bits per heavy atom. The van der Waals surface area contributed by atoms with Gasteiger partial charge >= 0.3 is 6.03 Å². The Labute approximate surface area is 113 Å². The van der Waals surface area contributed by atoms with Crippen molar-refractivity contribution in [1.29, 1.82) is 0 Å². The first kappa shape index (κ1) is 13.7. The number of rotatable bonds is 2. The van der Waals surface area contributed by atoms with Crippen molar-refractivity contribution in [3.05, 3.63) is 23.8 Å². The van der Waals surface area contributed by atoms with Gasteiger partial charge in [0.1, 0.15) is 5.75 Å². The van der Waals surface area contributed by atoms with Gasteiger partial charge in [0.05, 0.1) is 13.2 Å². The SMILES string of the molecule is COc1ccc(C)c(NC(=O)N2CCCC(O)C2)c1. The fraction of sp³-hybridized carbons (Fsp3) is 0.500. The molecule has 0 bridgehead atoms. The Kier molecular flexibility index (Phi) is 4.27. The molecule has 19 heavy (non-hydrogen) atoms. The number of β-amino-alcohol motifs (C(OH)–C–C–N with tert-alkyl or cyclic N) is 1. The zero-order valence-corrected chi connectivity index (χ0v) is 11.3. The number of likely N-dealkylation sites (tertiary alicyclic amines) is 1. The van der Waals surface area contributed by atoms with Crippen molar-refractivity contribution in [3.63, 3.8) is 0 Å². The van der Waals surface area contributed by atoms with Crippen LogP contribution in [0.1, 0.15) is 18.4 Å². The molecule has 1 saturated heterocycles. The smallest absolute Gasteiger partial charge is 0.321 e. The lowest BCUT2D eigenvalue weighted by Gasteiger charge is -2.30. The van der Waals surface area contributed by atoms with E-state index in [4.69, 9.17) is 4.74 Å². The van der Waals surface area contributed by atoms with Crippen LogP contribution in [0.15, 0.2) is 18.2 Å². The molecule has 2 rings (SSSR count). The molecule has 104 valence electrons. The summed E-state index contributed by atoms with van der Waals surface area (Å²) in [5.41, 5.74) is 1.72. The van der Waals surface area contributed by atoms with E-state index in [2.05, 4.69) is 5.32 Å². The molecule has 0 spiro atoms. The molecule has 0 radical (unpaired) electrons. The van der Waals surface area contributed by atoms with E-state index in [1.165, 1.54) is 0 Å². The van der Waals surface area contributed by atoms with Gasteiger partial charge in [-0.25, -0.2) is 4.79 Å². The van der Waals surface area contributed by atoms with E-state index in [9.17, 15) is 9.90 Å². The van der Waals surface area contributed by atoms with Crippen LogP contribution in [0, 0.1) is 6.92 Å². The van der Waals surface area contributed by atoms with Crippen LogP contribution in [0.25, 0.3) is 0 Å². The minimum absolute atomic E-state index is 0.171. The Bertz CT molecular complexity index is 462. The van der Waals surface area contributed by atoms with Crippen LogP contribution in [-0.2, 0) is 0 Å². The molecule has 1 aliphatic rings. The molecule has 1 heterocycles. The average molecular weight is 264 g/mol. The lowest BCUT2D eigenvalue weighted by atomic mass is 10.1. The number of amides is 2. The summed E-state index contributed by atoms with van der Waals surface area (Å²) < 4.78 is 5.15. The number of hydrogen-bond donors (Lipinski definition) is 2. The molecule has 5 nitrogen and oxygen atoms in total. The van der Waals surface area contributed by atoms with E-state index < -0.39 is 6.10 Å². The minimum atomic E-state index is -0.411. The summed E-state index contributed by atoms with van der Waals surface area (Å²) in [5, 5.41) is 12.5. The maximum absolute atomic E-state index is 12.1. The molecule has 2 amide bonds. The van der Waals surface area contributed by atoms with Crippen LogP contribution < -0.4 is 10.1 Å². The van der Waals surface area contributed by atoms with Crippen molar-refractivity contribution < 1.29 is 14.6 Å². The van der Waals surface area contributed by atoms with Gasteiger partial charge in [-0.1, -0.05) is 6.07 Å². The topological polar surface area (TPSA) is 61.8 Å². The molecular weight excluding hydrogens is 244 g/mol. The molecule has 0 aromatic heterocycles. The number of methoxy groups -OCH3 is 1. The van der Waals surface area contributed by atoms with Crippen LogP contribution in [0.4, 0.5) is 10.5 Å². The number of urea groups is 1. The highest BCUT2D eigenvalue weighted by molar-refractivity contribution is 5.90. The number of benzene rings is 1. The molecular formula is C14H20N2O3. The molecule has 1 aliphatic heterocycles. The standard InChI is InChI=1S/C14H20N2O3/c1-10-5-6-12(19-2)8-13(10)15-14(18)16-7-3-4-11(17)9-16/h5-6,8,11,17H,3-4,7,9H2,1-2H3,(H,15,18). The van der Waals surface area contributed by atoms with Crippen LogP contribution in [0.5, 0.6) is 5.75 Å². The number of aryl methyl sites for hydroxylation is 1. The normalized spacial score (nSPS) is 19.1. The first-order chi connectivity index (χ1) is 9.10. The van der Waals surface area contributed by atoms with Gasteiger partial charge in [-0.15, -0.1) is 0 Å². The molecule has 1 aromatic carbocycles. The second-order valence-electron chi connectivity index (χ2n) is 4.85. The molecule has 1 aromatic rings. The maximum atomic E-state index is 12.1. The highest BCUT2D eigenvalue weighted by atomic mass is 16.5. The quantitative estimate of drug-likeness (QED) is 0.858. The van der Waals surface area contributed by atoms with Crippen molar-refractivity contribution in [1.82, 2.24) is 4.90 Å². The van der Waals surface area contributed by atoms with E-state index in [1.54, 1.807) is 18.1 Å². The zero-order valence-electron chi connectivity index (χ0n) is 11.3. The van der Waals surface area contributed by atoms with E-state index >= 15 is 0 Å². The van der Waals surface area contributed by atoms with E-state index in [0.29, 0.717) is 18.8 Å². The van der Waals surface area contributed by atoms with Gasteiger partial charge in [0.15, 0.2) is 0 Å². The molecule has 1 atom stereocenters. The summed E-state index contributed by atoms with van der Waals surface area (Å²) >= 11 is 0. The fourth-order valence-electron chi connectivity index (χ4n) is 2.20. The van der Waals surface area contributed by atoms with Crippen molar-refractivity contribution in [2.24, 2.45) is 0 Å². The van der Waals surface area contributed by atoms with Crippen LogP contribution in [0.2, 0.25) is 0 Å². The van der Waals surface area contributed by atoms with Gasteiger partial charge in [0.2, 0.25) is 0 Å².